The second-order valence-corrected chi connectivity index (χ2v) is 5.74. The third-order valence-electron chi connectivity index (χ3n) is 4.16. The normalized spacial score (nSPS) is 36.9. The largest absolute Gasteiger partial charge is 0.311 e. The Hall–Kier alpha value is -0.340. The van der Waals surface area contributed by atoms with Crippen molar-refractivity contribution < 1.29 is 0 Å². The van der Waals surface area contributed by atoms with Crippen LogP contribution in [0.3, 0.4) is 0 Å². The first-order chi connectivity index (χ1) is 7.68. The maximum atomic E-state index is 3.68. The Bertz CT molecular complexity index is 247. The van der Waals surface area contributed by atoms with E-state index in [1.807, 2.05) is 0 Å². The summed E-state index contributed by atoms with van der Waals surface area (Å²) in [6.07, 6.45) is 8.59. The maximum absolute atomic E-state index is 3.68. The molecule has 0 spiro atoms. The summed E-state index contributed by atoms with van der Waals surface area (Å²) in [5.74, 6) is 0.745. The van der Waals surface area contributed by atoms with Crippen LogP contribution in [0.5, 0.6) is 0 Å². The van der Waals surface area contributed by atoms with E-state index in [9.17, 15) is 0 Å². The fourth-order valence-corrected chi connectivity index (χ4v) is 2.95. The van der Waals surface area contributed by atoms with Gasteiger partial charge in [-0.15, -0.1) is 0 Å². The number of nitrogens with one attached hydrogen (secondary N) is 1. The molecule has 2 rings (SSSR count). The molecule has 0 amide bonds. The Morgan fingerprint density at radius 1 is 1.31 bits per heavy atom. The third-order valence-corrected chi connectivity index (χ3v) is 4.16. The van der Waals surface area contributed by atoms with Gasteiger partial charge in [0.25, 0.3) is 0 Å². The summed E-state index contributed by atoms with van der Waals surface area (Å²) in [5, 5.41) is 3.68. The van der Waals surface area contributed by atoms with Gasteiger partial charge in [-0.1, -0.05) is 26.0 Å². The molecule has 0 aromatic rings. The molecule has 92 valence electrons. The van der Waals surface area contributed by atoms with Crippen molar-refractivity contribution in [2.75, 3.05) is 13.1 Å². The summed E-state index contributed by atoms with van der Waals surface area (Å²) in [5.41, 5.74) is 0. The molecular formula is C14H26N2. The standard InChI is InChI=1S/C14H26N2/c1-11(2)14-10-16(12(3)9-15-14)13-7-5-4-6-8-13/h4-5,11-15H,6-10H2,1-3H3. The van der Waals surface area contributed by atoms with Crippen LogP contribution in [-0.2, 0) is 0 Å². The minimum atomic E-state index is 0.683. The van der Waals surface area contributed by atoms with Crippen molar-refractivity contribution in [2.24, 2.45) is 5.92 Å². The number of rotatable bonds is 2. The molecule has 1 aliphatic carbocycles. The SMILES string of the molecule is CC(C)C1CN(C2CC=CCC2)C(C)CN1. The molecule has 2 aliphatic rings. The van der Waals surface area contributed by atoms with Gasteiger partial charge in [-0.2, -0.15) is 0 Å². The van der Waals surface area contributed by atoms with Gasteiger partial charge in [-0.25, -0.2) is 0 Å². The summed E-state index contributed by atoms with van der Waals surface area (Å²) in [6.45, 7) is 9.40. The Labute approximate surface area is 100 Å². The Balaban J connectivity index is 1.97. The molecule has 1 heterocycles. The van der Waals surface area contributed by atoms with Gasteiger partial charge in [0.1, 0.15) is 0 Å². The summed E-state index contributed by atoms with van der Waals surface area (Å²) >= 11 is 0. The highest BCUT2D eigenvalue weighted by atomic mass is 15.3. The van der Waals surface area contributed by atoms with Crippen molar-refractivity contribution in [1.29, 1.82) is 0 Å². The van der Waals surface area contributed by atoms with E-state index in [1.54, 1.807) is 0 Å². The van der Waals surface area contributed by atoms with E-state index < -0.39 is 0 Å². The molecule has 0 aromatic carbocycles. The van der Waals surface area contributed by atoms with Gasteiger partial charge >= 0.3 is 0 Å². The first-order valence-electron chi connectivity index (χ1n) is 6.82. The van der Waals surface area contributed by atoms with Crippen molar-refractivity contribution in [3.8, 4) is 0 Å². The highest BCUT2D eigenvalue weighted by Gasteiger charge is 2.31. The van der Waals surface area contributed by atoms with E-state index in [0.717, 1.165) is 18.5 Å². The highest BCUT2D eigenvalue weighted by Crippen LogP contribution is 2.23. The Morgan fingerprint density at radius 2 is 2.12 bits per heavy atom. The van der Waals surface area contributed by atoms with Crippen molar-refractivity contribution in [2.45, 2.75) is 58.2 Å². The molecule has 16 heavy (non-hydrogen) atoms. The van der Waals surface area contributed by atoms with Crippen LogP contribution < -0.4 is 5.32 Å². The first kappa shape index (κ1) is 12.1. The van der Waals surface area contributed by atoms with E-state index in [1.165, 1.54) is 25.8 Å². The molecule has 2 heteroatoms. The quantitative estimate of drug-likeness (QED) is 0.722. The Kier molecular flexibility index (Phi) is 4.04. The van der Waals surface area contributed by atoms with Crippen LogP contribution in [0.4, 0.5) is 0 Å². The fourth-order valence-electron chi connectivity index (χ4n) is 2.95. The van der Waals surface area contributed by atoms with E-state index in [4.69, 9.17) is 0 Å². The molecule has 1 aliphatic heterocycles. The predicted octanol–water partition coefficient (Wildman–Crippen LogP) is 2.41. The molecule has 3 atom stereocenters. The van der Waals surface area contributed by atoms with Gasteiger partial charge in [0.2, 0.25) is 0 Å². The number of piperazine rings is 1. The molecule has 0 bridgehead atoms. The van der Waals surface area contributed by atoms with E-state index in [2.05, 4.69) is 43.1 Å². The van der Waals surface area contributed by atoms with Gasteiger partial charge < -0.3 is 5.32 Å². The van der Waals surface area contributed by atoms with Crippen LogP contribution in [-0.4, -0.2) is 36.1 Å². The molecule has 2 nitrogen and oxygen atoms in total. The summed E-state index contributed by atoms with van der Waals surface area (Å²) in [7, 11) is 0. The molecule has 3 unspecified atom stereocenters. The van der Waals surface area contributed by atoms with Gasteiger partial charge in [0.05, 0.1) is 0 Å². The van der Waals surface area contributed by atoms with E-state index >= 15 is 0 Å². The van der Waals surface area contributed by atoms with Gasteiger partial charge in [0.15, 0.2) is 0 Å². The fraction of sp³-hybridized carbons (Fsp3) is 0.857. The van der Waals surface area contributed by atoms with E-state index in [0.29, 0.717) is 12.1 Å². The lowest BCUT2D eigenvalue weighted by Crippen LogP contribution is -2.59. The highest BCUT2D eigenvalue weighted by molar-refractivity contribution is 4.97. The zero-order valence-electron chi connectivity index (χ0n) is 10.9. The van der Waals surface area contributed by atoms with Crippen molar-refractivity contribution in [3.63, 3.8) is 0 Å². The molecule has 0 saturated carbocycles. The number of hydrogen-bond acceptors (Lipinski definition) is 2. The molecular weight excluding hydrogens is 196 g/mol. The summed E-state index contributed by atoms with van der Waals surface area (Å²) < 4.78 is 0. The van der Waals surface area contributed by atoms with Crippen LogP contribution in [0.25, 0.3) is 0 Å². The molecule has 1 fully saturated rings. The zero-order chi connectivity index (χ0) is 11.5. The average molecular weight is 222 g/mol. The van der Waals surface area contributed by atoms with Crippen molar-refractivity contribution >= 4 is 0 Å². The molecule has 0 radical (unpaired) electrons. The van der Waals surface area contributed by atoms with Gasteiger partial charge in [0, 0.05) is 31.2 Å². The number of nitrogens with zero attached hydrogens (tertiary/aromatic N) is 1. The first-order valence-corrected chi connectivity index (χ1v) is 6.82. The smallest absolute Gasteiger partial charge is 0.0218 e. The molecule has 1 N–H and O–H groups in total. The molecule has 1 saturated heterocycles. The minimum absolute atomic E-state index is 0.683. The molecule has 0 aromatic heterocycles. The topological polar surface area (TPSA) is 15.3 Å². The second-order valence-electron chi connectivity index (χ2n) is 5.74. The lowest BCUT2D eigenvalue weighted by Gasteiger charge is -2.45. The predicted molar refractivity (Wildman–Crippen MR) is 69.6 cm³/mol. The monoisotopic (exact) mass is 222 g/mol. The average Bonchev–Trinajstić information content (AvgIpc) is 2.30. The van der Waals surface area contributed by atoms with E-state index in [-0.39, 0.29) is 0 Å². The lowest BCUT2D eigenvalue weighted by molar-refractivity contribution is 0.0733. The van der Waals surface area contributed by atoms with Gasteiger partial charge in [-0.3, -0.25) is 4.90 Å². The number of hydrogen-bond donors (Lipinski definition) is 1. The van der Waals surface area contributed by atoms with Crippen LogP contribution in [0, 0.1) is 5.92 Å². The van der Waals surface area contributed by atoms with Crippen LogP contribution in [0.2, 0.25) is 0 Å². The maximum Gasteiger partial charge on any atom is 0.0218 e. The minimum Gasteiger partial charge on any atom is -0.311 e. The van der Waals surface area contributed by atoms with Gasteiger partial charge in [-0.05, 0) is 32.1 Å². The summed E-state index contributed by atoms with van der Waals surface area (Å²) in [4.78, 5) is 2.74. The second kappa shape index (κ2) is 5.33. The lowest BCUT2D eigenvalue weighted by atomic mass is 9.94. The van der Waals surface area contributed by atoms with Crippen molar-refractivity contribution in [3.05, 3.63) is 12.2 Å². The van der Waals surface area contributed by atoms with Crippen LogP contribution in [0.15, 0.2) is 12.2 Å². The Morgan fingerprint density at radius 3 is 2.75 bits per heavy atom. The third kappa shape index (κ3) is 2.67. The van der Waals surface area contributed by atoms with Crippen LogP contribution >= 0.6 is 0 Å². The summed E-state index contributed by atoms with van der Waals surface area (Å²) in [6, 6.07) is 2.18. The zero-order valence-corrected chi connectivity index (χ0v) is 10.9. The van der Waals surface area contributed by atoms with Crippen molar-refractivity contribution in [1.82, 2.24) is 10.2 Å². The van der Waals surface area contributed by atoms with Crippen LogP contribution in [0.1, 0.15) is 40.0 Å². The number of allylic oxidation sites excluding steroid dienone is 1.